The van der Waals surface area contributed by atoms with Crippen LogP contribution < -0.4 is 0 Å². The minimum absolute atomic E-state index is 0.0526. The highest BCUT2D eigenvalue weighted by Crippen LogP contribution is 2.31. The Morgan fingerprint density at radius 1 is 1.29 bits per heavy atom. The first-order valence-corrected chi connectivity index (χ1v) is 5.77. The topological polar surface area (TPSA) is 28.7 Å². The molecule has 0 saturated heterocycles. The molecule has 0 unspecified atom stereocenters. The van der Waals surface area contributed by atoms with Gasteiger partial charge in [-0.15, -0.1) is 0 Å². The number of nitrogens with one attached hydrogen (secondary N) is 1. The molecular weight excluding hydrogens is 239 g/mol. The monoisotopic (exact) mass is 252 g/mol. The van der Waals surface area contributed by atoms with Gasteiger partial charge < -0.3 is 0 Å². The maximum absolute atomic E-state index is 13.7. The van der Waals surface area contributed by atoms with Crippen LogP contribution in [0.3, 0.4) is 0 Å². The van der Waals surface area contributed by atoms with Gasteiger partial charge in [0.25, 0.3) is 0 Å². The van der Waals surface area contributed by atoms with Gasteiger partial charge in [0, 0.05) is 11.1 Å². The van der Waals surface area contributed by atoms with Crippen LogP contribution in [0.25, 0.3) is 11.3 Å². The van der Waals surface area contributed by atoms with Gasteiger partial charge in [-0.1, -0.05) is 38.4 Å². The molecule has 0 atom stereocenters. The van der Waals surface area contributed by atoms with Crippen molar-refractivity contribution in [2.24, 2.45) is 0 Å². The third kappa shape index (κ3) is 2.34. The molecule has 2 aromatic rings. The summed E-state index contributed by atoms with van der Waals surface area (Å²) in [6.45, 7) is 6.19. The summed E-state index contributed by atoms with van der Waals surface area (Å²) in [4.78, 5) is 0. The average Bonchev–Trinajstić information content (AvgIpc) is 2.65. The van der Waals surface area contributed by atoms with Crippen LogP contribution in [0.5, 0.6) is 0 Å². The summed E-state index contributed by atoms with van der Waals surface area (Å²) in [5.41, 5.74) is 1.79. The summed E-state index contributed by atoms with van der Waals surface area (Å²) in [6, 6.07) is 6.46. The van der Waals surface area contributed by atoms with Gasteiger partial charge in [-0.2, -0.15) is 5.10 Å². The molecule has 0 spiro atoms. The Balaban J connectivity index is 2.51. The van der Waals surface area contributed by atoms with Gasteiger partial charge in [-0.25, -0.2) is 4.39 Å². The van der Waals surface area contributed by atoms with E-state index >= 15 is 0 Å². The molecule has 90 valence electrons. The Morgan fingerprint density at radius 3 is 2.53 bits per heavy atom. The predicted molar refractivity (Wildman–Crippen MR) is 67.7 cm³/mol. The van der Waals surface area contributed by atoms with Gasteiger partial charge in [0.1, 0.15) is 5.82 Å². The molecule has 1 aromatic carbocycles. The van der Waals surface area contributed by atoms with Crippen LogP contribution in [0, 0.1) is 5.82 Å². The van der Waals surface area contributed by atoms with Crippen LogP contribution in [-0.2, 0) is 5.41 Å². The SMILES string of the molecule is CC(C)(C)c1cc(-c2c(F)cccc2Cl)n[nH]1. The highest BCUT2D eigenvalue weighted by molar-refractivity contribution is 6.33. The second-order valence-electron chi connectivity index (χ2n) is 5.01. The molecule has 17 heavy (non-hydrogen) atoms. The van der Waals surface area contributed by atoms with Crippen LogP contribution in [0.4, 0.5) is 4.39 Å². The molecular formula is C13H14ClFN2. The molecule has 0 radical (unpaired) electrons. The Kier molecular flexibility index (Phi) is 2.96. The molecule has 0 aliphatic carbocycles. The van der Waals surface area contributed by atoms with E-state index in [1.54, 1.807) is 12.1 Å². The van der Waals surface area contributed by atoms with Gasteiger partial charge in [0.15, 0.2) is 0 Å². The number of benzene rings is 1. The van der Waals surface area contributed by atoms with Crippen LogP contribution >= 0.6 is 11.6 Å². The first-order valence-electron chi connectivity index (χ1n) is 5.40. The molecule has 0 amide bonds. The number of hydrogen-bond donors (Lipinski definition) is 1. The smallest absolute Gasteiger partial charge is 0.134 e. The second-order valence-corrected chi connectivity index (χ2v) is 5.42. The molecule has 4 heteroatoms. The lowest BCUT2D eigenvalue weighted by atomic mass is 9.92. The Labute approximate surface area is 105 Å². The number of halogens is 2. The van der Waals surface area contributed by atoms with Crippen LogP contribution in [-0.4, -0.2) is 10.2 Å². The molecule has 1 aromatic heterocycles. The van der Waals surface area contributed by atoms with Crippen molar-refractivity contribution in [1.82, 2.24) is 10.2 Å². The molecule has 0 fully saturated rings. The minimum Gasteiger partial charge on any atom is -0.281 e. The predicted octanol–water partition coefficient (Wildman–Crippen LogP) is 4.17. The molecule has 1 N–H and O–H groups in total. The van der Waals surface area contributed by atoms with E-state index in [0.29, 0.717) is 16.3 Å². The van der Waals surface area contributed by atoms with Crippen LogP contribution in [0.2, 0.25) is 5.02 Å². The van der Waals surface area contributed by atoms with E-state index in [1.165, 1.54) is 6.07 Å². The third-order valence-corrected chi connectivity index (χ3v) is 2.92. The van der Waals surface area contributed by atoms with Crippen molar-refractivity contribution in [2.45, 2.75) is 26.2 Å². The van der Waals surface area contributed by atoms with Crippen molar-refractivity contribution in [3.63, 3.8) is 0 Å². The van der Waals surface area contributed by atoms with E-state index in [1.807, 2.05) is 6.07 Å². The second kappa shape index (κ2) is 4.15. The summed E-state index contributed by atoms with van der Waals surface area (Å²) in [7, 11) is 0. The van der Waals surface area contributed by atoms with Gasteiger partial charge in [-0.05, 0) is 18.2 Å². The zero-order valence-corrected chi connectivity index (χ0v) is 10.8. The fourth-order valence-electron chi connectivity index (χ4n) is 1.58. The zero-order chi connectivity index (χ0) is 12.6. The van der Waals surface area contributed by atoms with Gasteiger partial charge in [-0.3, -0.25) is 5.10 Å². The fourth-order valence-corrected chi connectivity index (χ4v) is 1.84. The van der Waals surface area contributed by atoms with E-state index < -0.39 is 0 Å². The number of H-pyrrole nitrogens is 1. The standard InChI is InChI=1S/C13H14ClFN2/c1-13(2,3)11-7-10(16-17-11)12-8(14)5-4-6-9(12)15/h4-7H,1-3H3,(H,16,17). The summed E-state index contributed by atoms with van der Waals surface area (Å²) in [6.07, 6.45) is 0. The maximum Gasteiger partial charge on any atom is 0.134 e. The van der Waals surface area contributed by atoms with Crippen molar-refractivity contribution in [3.8, 4) is 11.3 Å². The summed E-state index contributed by atoms with van der Waals surface area (Å²) < 4.78 is 13.7. The van der Waals surface area contributed by atoms with Crippen molar-refractivity contribution >= 4 is 11.6 Å². The van der Waals surface area contributed by atoms with Crippen LogP contribution in [0.1, 0.15) is 26.5 Å². The summed E-state index contributed by atoms with van der Waals surface area (Å²) in [5.74, 6) is -0.357. The first-order chi connectivity index (χ1) is 7.89. The molecule has 0 saturated carbocycles. The van der Waals surface area contributed by atoms with E-state index in [-0.39, 0.29) is 11.2 Å². The minimum atomic E-state index is -0.357. The Hall–Kier alpha value is -1.35. The zero-order valence-electron chi connectivity index (χ0n) is 10.0. The normalized spacial score (nSPS) is 11.8. The first kappa shape index (κ1) is 12.1. The average molecular weight is 253 g/mol. The highest BCUT2D eigenvalue weighted by Gasteiger charge is 2.19. The third-order valence-electron chi connectivity index (χ3n) is 2.60. The summed E-state index contributed by atoms with van der Waals surface area (Å²) in [5, 5.41) is 7.42. The molecule has 2 rings (SSSR count). The van der Waals surface area contributed by atoms with E-state index in [4.69, 9.17) is 11.6 Å². The molecule has 0 bridgehead atoms. The van der Waals surface area contributed by atoms with E-state index in [2.05, 4.69) is 31.0 Å². The number of aromatic amines is 1. The quantitative estimate of drug-likeness (QED) is 0.811. The van der Waals surface area contributed by atoms with Crippen LogP contribution in [0.15, 0.2) is 24.3 Å². The van der Waals surface area contributed by atoms with Crippen molar-refractivity contribution in [3.05, 3.63) is 40.8 Å². The van der Waals surface area contributed by atoms with Crippen molar-refractivity contribution < 1.29 is 4.39 Å². The molecule has 2 nitrogen and oxygen atoms in total. The number of rotatable bonds is 1. The van der Waals surface area contributed by atoms with Gasteiger partial charge in [0.05, 0.1) is 16.3 Å². The molecule has 1 heterocycles. The number of aromatic nitrogens is 2. The van der Waals surface area contributed by atoms with Crippen molar-refractivity contribution in [2.75, 3.05) is 0 Å². The van der Waals surface area contributed by atoms with E-state index in [0.717, 1.165) is 5.69 Å². The highest BCUT2D eigenvalue weighted by atomic mass is 35.5. The number of nitrogens with zero attached hydrogens (tertiary/aromatic N) is 1. The summed E-state index contributed by atoms with van der Waals surface area (Å²) >= 11 is 5.99. The maximum atomic E-state index is 13.7. The van der Waals surface area contributed by atoms with Gasteiger partial charge >= 0.3 is 0 Å². The van der Waals surface area contributed by atoms with E-state index in [9.17, 15) is 4.39 Å². The lowest BCUT2D eigenvalue weighted by Gasteiger charge is -2.14. The lowest BCUT2D eigenvalue weighted by Crippen LogP contribution is -2.11. The largest absolute Gasteiger partial charge is 0.281 e. The molecule has 0 aliphatic heterocycles. The van der Waals surface area contributed by atoms with Gasteiger partial charge in [0.2, 0.25) is 0 Å². The molecule has 0 aliphatic rings. The Bertz CT molecular complexity index is 520. The fraction of sp³-hybridized carbons (Fsp3) is 0.308. The lowest BCUT2D eigenvalue weighted by molar-refractivity contribution is 0.567. The number of hydrogen-bond acceptors (Lipinski definition) is 1. The van der Waals surface area contributed by atoms with Crippen molar-refractivity contribution in [1.29, 1.82) is 0 Å². The Morgan fingerprint density at radius 2 is 2.00 bits per heavy atom.